The van der Waals surface area contributed by atoms with E-state index in [4.69, 9.17) is 11.0 Å². The quantitative estimate of drug-likeness (QED) is 0.802. The van der Waals surface area contributed by atoms with Crippen molar-refractivity contribution in [2.45, 2.75) is 38.5 Å². The SMILES string of the molecule is CC(C)CC(C)(CN)NS(=O)(=O)Cc1ccccc1C#N. The van der Waals surface area contributed by atoms with Crippen LogP contribution in [0.2, 0.25) is 0 Å². The van der Waals surface area contributed by atoms with Crippen LogP contribution in [0.3, 0.4) is 0 Å². The molecule has 21 heavy (non-hydrogen) atoms. The summed E-state index contributed by atoms with van der Waals surface area (Å²) in [6.07, 6.45) is 0.655. The molecule has 0 saturated carbocycles. The van der Waals surface area contributed by atoms with Crippen molar-refractivity contribution >= 4 is 10.0 Å². The monoisotopic (exact) mass is 309 g/mol. The molecule has 0 aromatic heterocycles. The van der Waals surface area contributed by atoms with Gasteiger partial charge < -0.3 is 5.73 Å². The molecule has 1 aromatic rings. The zero-order valence-corrected chi connectivity index (χ0v) is 13.6. The van der Waals surface area contributed by atoms with Gasteiger partial charge in [0, 0.05) is 12.1 Å². The van der Waals surface area contributed by atoms with Crippen LogP contribution in [0.25, 0.3) is 0 Å². The Bertz CT molecular complexity index is 620. The fourth-order valence-corrected chi connectivity index (χ4v) is 4.09. The Morgan fingerprint density at radius 2 is 2.00 bits per heavy atom. The largest absolute Gasteiger partial charge is 0.329 e. The van der Waals surface area contributed by atoms with Gasteiger partial charge in [0.05, 0.1) is 17.4 Å². The van der Waals surface area contributed by atoms with Crippen molar-refractivity contribution in [1.82, 2.24) is 4.72 Å². The third kappa shape index (κ3) is 5.46. The molecule has 0 aliphatic heterocycles. The standard InChI is InChI=1S/C15H23N3O2S/c1-12(2)8-15(3,11-17)18-21(19,20)10-14-7-5-4-6-13(14)9-16/h4-7,12,18H,8,10-11,17H2,1-3H3. The first-order valence-electron chi connectivity index (χ1n) is 6.91. The van der Waals surface area contributed by atoms with Crippen LogP contribution in [0, 0.1) is 17.2 Å². The summed E-state index contributed by atoms with van der Waals surface area (Å²) in [5.74, 6) is 0.109. The van der Waals surface area contributed by atoms with Gasteiger partial charge in [-0.05, 0) is 30.9 Å². The van der Waals surface area contributed by atoms with Gasteiger partial charge in [0.25, 0.3) is 0 Å². The number of nitrogens with zero attached hydrogens (tertiary/aromatic N) is 1. The molecule has 116 valence electrons. The molecule has 0 aliphatic rings. The summed E-state index contributed by atoms with van der Waals surface area (Å²) in [5, 5.41) is 9.03. The molecule has 1 unspecified atom stereocenters. The number of nitrogens with one attached hydrogen (secondary N) is 1. The van der Waals surface area contributed by atoms with E-state index in [1.165, 1.54) is 0 Å². The van der Waals surface area contributed by atoms with E-state index in [0.717, 1.165) is 0 Å². The van der Waals surface area contributed by atoms with Crippen LogP contribution >= 0.6 is 0 Å². The second-order valence-corrected chi connectivity index (χ2v) is 7.72. The zero-order chi connectivity index (χ0) is 16.1. The predicted octanol–water partition coefficient (Wildman–Crippen LogP) is 1.74. The molecule has 3 N–H and O–H groups in total. The average molecular weight is 309 g/mol. The average Bonchev–Trinajstić information content (AvgIpc) is 2.37. The van der Waals surface area contributed by atoms with Gasteiger partial charge in [-0.25, -0.2) is 13.1 Å². The minimum atomic E-state index is -3.56. The van der Waals surface area contributed by atoms with Gasteiger partial charge in [-0.1, -0.05) is 32.0 Å². The number of rotatable bonds is 7. The van der Waals surface area contributed by atoms with Crippen molar-refractivity contribution < 1.29 is 8.42 Å². The van der Waals surface area contributed by atoms with Crippen LogP contribution in [-0.4, -0.2) is 20.5 Å². The second kappa shape index (κ2) is 7.03. The van der Waals surface area contributed by atoms with Crippen LogP contribution < -0.4 is 10.5 Å². The van der Waals surface area contributed by atoms with Gasteiger partial charge in [0.15, 0.2) is 0 Å². The summed E-state index contributed by atoms with van der Waals surface area (Å²) in [4.78, 5) is 0. The van der Waals surface area contributed by atoms with Gasteiger partial charge in [-0.2, -0.15) is 5.26 Å². The fraction of sp³-hybridized carbons (Fsp3) is 0.533. The summed E-state index contributed by atoms with van der Waals surface area (Å²) in [7, 11) is -3.56. The minimum Gasteiger partial charge on any atom is -0.329 e. The Morgan fingerprint density at radius 3 is 2.52 bits per heavy atom. The number of hydrogen-bond donors (Lipinski definition) is 2. The van der Waals surface area contributed by atoms with Gasteiger partial charge >= 0.3 is 0 Å². The predicted molar refractivity (Wildman–Crippen MR) is 83.8 cm³/mol. The highest BCUT2D eigenvalue weighted by Crippen LogP contribution is 2.18. The summed E-state index contributed by atoms with van der Waals surface area (Å²) >= 11 is 0. The maximum absolute atomic E-state index is 12.3. The second-order valence-electron chi connectivity index (χ2n) is 5.99. The van der Waals surface area contributed by atoms with Crippen LogP contribution in [-0.2, 0) is 15.8 Å². The van der Waals surface area contributed by atoms with E-state index < -0.39 is 15.6 Å². The lowest BCUT2D eigenvalue weighted by Crippen LogP contribution is -2.52. The summed E-state index contributed by atoms with van der Waals surface area (Å²) in [5.41, 5.74) is 5.93. The first-order chi connectivity index (χ1) is 9.71. The van der Waals surface area contributed by atoms with Gasteiger partial charge in [-0.15, -0.1) is 0 Å². The molecule has 1 atom stereocenters. The van der Waals surface area contributed by atoms with Crippen LogP contribution in [0.5, 0.6) is 0 Å². The molecular weight excluding hydrogens is 286 g/mol. The van der Waals surface area contributed by atoms with Gasteiger partial charge in [-0.3, -0.25) is 0 Å². The van der Waals surface area contributed by atoms with Crippen molar-refractivity contribution in [2.75, 3.05) is 6.54 Å². The third-order valence-electron chi connectivity index (χ3n) is 3.19. The highest BCUT2D eigenvalue weighted by Gasteiger charge is 2.29. The molecule has 5 nitrogen and oxygen atoms in total. The molecule has 0 aliphatic carbocycles. The Kier molecular flexibility index (Phi) is 5.90. The molecule has 0 spiro atoms. The van der Waals surface area contributed by atoms with Gasteiger partial charge in [0.1, 0.15) is 0 Å². The lowest BCUT2D eigenvalue weighted by atomic mass is 9.92. The highest BCUT2D eigenvalue weighted by atomic mass is 32.2. The normalized spacial score (nSPS) is 14.7. The van der Waals surface area contributed by atoms with Crippen molar-refractivity contribution in [2.24, 2.45) is 11.7 Å². The molecule has 0 saturated heterocycles. The highest BCUT2D eigenvalue weighted by molar-refractivity contribution is 7.88. The number of benzene rings is 1. The molecule has 0 amide bonds. The lowest BCUT2D eigenvalue weighted by Gasteiger charge is -2.30. The van der Waals surface area contributed by atoms with Crippen LogP contribution in [0.15, 0.2) is 24.3 Å². The molecule has 1 aromatic carbocycles. The molecule has 0 fully saturated rings. The molecule has 6 heteroatoms. The molecular formula is C15H23N3O2S. The summed E-state index contributed by atoms with van der Waals surface area (Å²) in [6.45, 7) is 6.07. The van der Waals surface area contributed by atoms with Crippen molar-refractivity contribution in [3.05, 3.63) is 35.4 Å². The lowest BCUT2D eigenvalue weighted by molar-refractivity contribution is 0.344. The van der Waals surface area contributed by atoms with E-state index in [1.54, 1.807) is 31.2 Å². The topological polar surface area (TPSA) is 96.0 Å². The van der Waals surface area contributed by atoms with E-state index in [9.17, 15) is 8.42 Å². The zero-order valence-electron chi connectivity index (χ0n) is 12.8. The summed E-state index contributed by atoms with van der Waals surface area (Å²) in [6, 6.07) is 8.71. The van der Waals surface area contributed by atoms with Crippen molar-refractivity contribution in [3.8, 4) is 6.07 Å². The maximum atomic E-state index is 12.3. The molecule has 0 radical (unpaired) electrons. The fourth-order valence-electron chi connectivity index (χ4n) is 2.44. The smallest absolute Gasteiger partial charge is 0.216 e. The first-order valence-corrected chi connectivity index (χ1v) is 8.56. The van der Waals surface area contributed by atoms with Crippen molar-refractivity contribution in [1.29, 1.82) is 5.26 Å². The van der Waals surface area contributed by atoms with E-state index in [0.29, 0.717) is 23.5 Å². The Labute approximate surface area is 127 Å². The van der Waals surface area contributed by atoms with E-state index in [-0.39, 0.29) is 12.3 Å². The molecule has 0 heterocycles. The summed E-state index contributed by atoms with van der Waals surface area (Å²) < 4.78 is 27.4. The van der Waals surface area contributed by atoms with E-state index >= 15 is 0 Å². The van der Waals surface area contributed by atoms with E-state index in [2.05, 4.69) is 4.72 Å². The van der Waals surface area contributed by atoms with Gasteiger partial charge in [0.2, 0.25) is 10.0 Å². The first kappa shape index (κ1) is 17.6. The van der Waals surface area contributed by atoms with E-state index in [1.807, 2.05) is 19.9 Å². The Balaban J connectivity index is 2.94. The third-order valence-corrected chi connectivity index (χ3v) is 4.69. The number of sulfonamides is 1. The molecule has 0 bridgehead atoms. The minimum absolute atomic E-state index is 0.218. The number of nitrogens with two attached hydrogens (primary N) is 1. The molecule has 1 rings (SSSR count). The van der Waals surface area contributed by atoms with Crippen LogP contribution in [0.4, 0.5) is 0 Å². The maximum Gasteiger partial charge on any atom is 0.216 e. The number of hydrogen-bond acceptors (Lipinski definition) is 4. The van der Waals surface area contributed by atoms with Crippen LogP contribution in [0.1, 0.15) is 38.3 Å². The number of nitriles is 1. The Hall–Kier alpha value is -1.42. The Morgan fingerprint density at radius 1 is 1.38 bits per heavy atom. The van der Waals surface area contributed by atoms with Crippen molar-refractivity contribution in [3.63, 3.8) is 0 Å².